The predicted molar refractivity (Wildman–Crippen MR) is 77.0 cm³/mol. The Balaban J connectivity index is 1.85. The van der Waals surface area contributed by atoms with E-state index in [4.69, 9.17) is 9.47 Å². The fourth-order valence-electron chi connectivity index (χ4n) is 2.03. The molecule has 0 spiro atoms. The number of rotatable bonds is 3. The van der Waals surface area contributed by atoms with Gasteiger partial charge in [-0.15, -0.1) is 0 Å². The molecule has 3 rings (SSSR count). The normalized spacial score (nSPS) is 12.9. The minimum Gasteiger partial charge on any atom is -0.486 e. The summed E-state index contributed by atoms with van der Waals surface area (Å²) in [5.74, 6) is 3.74. The van der Waals surface area contributed by atoms with Gasteiger partial charge >= 0.3 is 0 Å². The van der Waals surface area contributed by atoms with Crippen molar-refractivity contribution in [3.05, 3.63) is 30.1 Å². The van der Waals surface area contributed by atoms with Crippen LogP contribution in [0.15, 0.2) is 24.3 Å². The molecule has 20 heavy (non-hydrogen) atoms. The third-order valence-corrected chi connectivity index (χ3v) is 2.91. The molecule has 0 unspecified atom stereocenters. The molecule has 6 nitrogen and oxygen atoms in total. The Bertz CT molecular complexity index is 631. The molecule has 0 amide bonds. The van der Waals surface area contributed by atoms with Crippen molar-refractivity contribution in [2.75, 3.05) is 30.9 Å². The molecule has 1 aromatic heterocycles. The molecule has 0 aliphatic carbocycles. The molecule has 6 heteroatoms. The maximum absolute atomic E-state index is 5.56. The number of hydrogen-bond acceptors (Lipinski definition) is 6. The second-order valence-electron chi connectivity index (χ2n) is 4.42. The number of hydrogen-bond donors (Lipinski definition) is 2. The van der Waals surface area contributed by atoms with Crippen molar-refractivity contribution >= 4 is 17.3 Å². The quantitative estimate of drug-likeness (QED) is 0.894. The Labute approximate surface area is 117 Å². The first kappa shape index (κ1) is 12.5. The van der Waals surface area contributed by atoms with Gasteiger partial charge in [0.25, 0.3) is 0 Å². The van der Waals surface area contributed by atoms with Crippen molar-refractivity contribution in [3.63, 3.8) is 0 Å². The van der Waals surface area contributed by atoms with Crippen LogP contribution in [0.5, 0.6) is 11.5 Å². The number of anilines is 3. The zero-order valence-corrected chi connectivity index (χ0v) is 11.4. The highest BCUT2D eigenvalue weighted by atomic mass is 16.6. The minimum atomic E-state index is 0.576. The van der Waals surface area contributed by atoms with Crippen molar-refractivity contribution in [1.82, 2.24) is 9.97 Å². The molecule has 1 aliphatic heterocycles. The number of fused-ring (bicyclic) bond motifs is 1. The van der Waals surface area contributed by atoms with Gasteiger partial charge in [0, 0.05) is 24.9 Å². The van der Waals surface area contributed by atoms with Gasteiger partial charge in [-0.1, -0.05) is 0 Å². The zero-order valence-electron chi connectivity index (χ0n) is 11.4. The van der Waals surface area contributed by atoms with Crippen LogP contribution in [-0.2, 0) is 0 Å². The van der Waals surface area contributed by atoms with Crippen molar-refractivity contribution in [2.24, 2.45) is 0 Å². The van der Waals surface area contributed by atoms with Crippen molar-refractivity contribution in [3.8, 4) is 11.5 Å². The summed E-state index contributed by atoms with van der Waals surface area (Å²) < 4.78 is 11.1. The number of nitrogens with one attached hydrogen (secondary N) is 2. The highest BCUT2D eigenvalue weighted by Gasteiger charge is 2.12. The Morgan fingerprint density at radius 2 is 1.75 bits per heavy atom. The van der Waals surface area contributed by atoms with E-state index in [9.17, 15) is 0 Å². The summed E-state index contributed by atoms with van der Waals surface area (Å²) in [6.45, 7) is 3.03. The summed E-state index contributed by atoms with van der Waals surface area (Å²) in [5.41, 5.74) is 0.898. The van der Waals surface area contributed by atoms with Crippen molar-refractivity contribution in [2.45, 2.75) is 6.92 Å². The lowest BCUT2D eigenvalue weighted by atomic mass is 10.2. The molecule has 2 heterocycles. The first-order chi connectivity index (χ1) is 9.74. The summed E-state index contributed by atoms with van der Waals surface area (Å²) in [7, 11) is 1.83. The lowest BCUT2D eigenvalue weighted by Gasteiger charge is -2.19. The lowest BCUT2D eigenvalue weighted by molar-refractivity contribution is 0.171. The second kappa shape index (κ2) is 5.24. The standard InChI is InChI=1S/C14H16N4O2/c1-9-16-13(15-2)8-14(17-9)18-10-3-4-11-12(7-10)20-6-5-19-11/h3-4,7-8H,5-6H2,1-2H3,(H2,15,16,17,18). The third kappa shape index (κ3) is 2.59. The van der Waals surface area contributed by atoms with Gasteiger partial charge in [0.05, 0.1) is 0 Å². The number of nitrogens with zero attached hydrogens (tertiary/aromatic N) is 2. The van der Waals surface area contributed by atoms with Gasteiger partial charge in [-0.2, -0.15) is 0 Å². The Morgan fingerprint density at radius 1 is 1.00 bits per heavy atom. The van der Waals surface area contributed by atoms with Crippen molar-refractivity contribution < 1.29 is 9.47 Å². The van der Waals surface area contributed by atoms with E-state index in [0.717, 1.165) is 28.8 Å². The highest BCUT2D eigenvalue weighted by Crippen LogP contribution is 2.33. The summed E-state index contributed by atoms with van der Waals surface area (Å²) in [6.07, 6.45) is 0. The monoisotopic (exact) mass is 272 g/mol. The van der Waals surface area contributed by atoms with Gasteiger partial charge in [0.15, 0.2) is 11.5 Å². The third-order valence-electron chi connectivity index (χ3n) is 2.91. The van der Waals surface area contributed by atoms with Gasteiger partial charge in [0.1, 0.15) is 30.7 Å². The fraction of sp³-hybridized carbons (Fsp3) is 0.286. The van der Waals surface area contributed by atoms with E-state index < -0.39 is 0 Å². The van der Waals surface area contributed by atoms with Crippen LogP contribution in [0.3, 0.4) is 0 Å². The number of ether oxygens (including phenoxy) is 2. The maximum atomic E-state index is 5.56. The smallest absolute Gasteiger partial charge is 0.163 e. The Hall–Kier alpha value is -2.50. The summed E-state index contributed by atoms with van der Waals surface area (Å²) >= 11 is 0. The molecule has 0 bridgehead atoms. The van der Waals surface area contributed by atoms with Crippen LogP contribution in [0.25, 0.3) is 0 Å². The predicted octanol–water partition coefficient (Wildman–Crippen LogP) is 2.34. The SMILES string of the molecule is CNc1cc(Nc2ccc3c(c2)OCCO3)nc(C)n1. The van der Waals surface area contributed by atoms with E-state index in [1.54, 1.807) is 0 Å². The van der Waals surface area contributed by atoms with Gasteiger partial charge in [-0.25, -0.2) is 9.97 Å². The molecule has 2 aromatic rings. The molecule has 1 aromatic carbocycles. The van der Waals surface area contributed by atoms with Crippen LogP contribution in [-0.4, -0.2) is 30.2 Å². The summed E-state index contributed by atoms with van der Waals surface area (Å²) in [5, 5.41) is 6.25. The second-order valence-corrected chi connectivity index (χ2v) is 4.42. The molecule has 2 N–H and O–H groups in total. The first-order valence-electron chi connectivity index (χ1n) is 6.45. The number of aryl methyl sites for hydroxylation is 1. The van der Waals surface area contributed by atoms with E-state index in [-0.39, 0.29) is 0 Å². The largest absolute Gasteiger partial charge is 0.486 e. The van der Waals surface area contributed by atoms with Gasteiger partial charge in [-0.05, 0) is 19.1 Å². The number of benzene rings is 1. The van der Waals surface area contributed by atoms with Crippen LogP contribution in [0, 0.1) is 6.92 Å². The Morgan fingerprint density at radius 3 is 2.55 bits per heavy atom. The van der Waals surface area contributed by atoms with Gasteiger partial charge < -0.3 is 20.1 Å². The molecule has 0 saturated heterocycles. The molecular formula is C14H16N4O2. The molecule has 0 radical (unpaired) electrons. The average Bonchev–Trinajstić information content (AvgIpc) is 2.46. The van der Waals surface area contributed by atoms with E-state index in [1.807, 2.05) is 38.2 Å². The molecule has 0 saturated carbocycles. The van der Waals surface area contributed by atoms with Crippen LogP contribution in [0.4, 0.5) is 17.3 Å². The summed E-state index contributed by atoms with van der Waals surface area (Å²) in [6, 6.07) is 7.59. The lowest BCUT2D eigenvalue weighted by Crippen LogP contribution is -2.15. The van der Waals surface area contributed by atoms with Crippen LogP contribution < -0.4 is 20.1 Å². The van der Waals surface area contributed by atoms with E-state index in [2.05, 4.69) is 20.6 Å². The van der Waals surface area contributed by atoms with Crippen molar-refractivity contribution in [1.29, 1.82) is 0 Å². The highest BCUT2D eigenvalue weighted by molar-refractivity contribution is 5.63. The molecular weight excluding hydrogens is 256 g/mol. The maximum Gasteiger partial charge on any atom is 0.163 e. The molecule has 1 aliphatic rings. The number of aromatic nitrogens is 2. The van der Waals surface area contributed by atoms with E-state index >= 15 is 0 Å². The molecule has 0 atom stereocenters. The zero-order chi connectivity index (χ0) is 13.9. The first-order valence-corrected chi connectivity index (χ1v) is 6.45. The minimum absolute atomic E-state index is 0.576. The average molecular weight is 272 g/mol. The Kier molecular flexibility index (Phi) is 3.28. The molecule has 104 valence electrons. The van der Waals surface area contributed by atoms with Gasteiger partial charge in [0.2, 0.25) is 0 Å². The van der Waals surface area contributed by atoms with E-state index in [1.165, 1.54) is 0 Å². The van der Waals surface area contributed by atoms with Crippen LogP contribution in [0.1, 0.15) is 5.82 Å². The van der Waals surface area contributed by atoms with Gasteiger partial charge in [-0.3, -0.25) is 0 Å². The van der Waals surface area contributed by atoms with E-state index in [0.29, 0.717) is 19.0 Å². The summed E-state index contributed by atoms with van der Waals surface area (Å²) in [4.78, 5) is 8.61. The van der Waals surface area contributed by atoms with Crippen LogP contribution >= 0.6 is 0 Å². The van der Waals surface area contributed by atoms with Crippen LogP contribution in [0.2, 0.25) is 0 Å². The fourth-order valence-corrected chi connectivity index (χ4v) is 2.03. The molecule has 0 fully saturated rings. The topological polar surface area (TPSA) is 68.3 Å².